The molecule has 10 heteroatoms. The first-order valence-corrected chi connectivity index (χ1v) is 15.1. The Labute approximate surface area is 238 Å². The lowest BCUT2D eigenvalue weighted by molar-refractivity contribution is -0.140. The van der Waals surface area contributed by atoms with E-state index < -0.39 is 28.5 Å². The Kier molecular flexibility index (Phi) is 10.4. The number of hydrogen-bond acceptors (Lipinski definition) is 4. The average Bonchev–Trinajstić information content (AvgIpc) is 2.84. The van der Waals surface area contributed by atoms with Crippen LogP contribution >= 0.6 is 27.5 Å². The van der Waals surface area contributed by atoms with Crippen LogP contribution < -0.4 is 9.62 Å². The molecule has 0 saturated carbocycles. The highest BCUT2D eigenvalue weighted by Crippen LogP contribution is 2.28. The van der Waals surface area contributed by atoms with Crippen LogP contribution in [0, 0.1) is 0 Å². The number of amides is 2. The van der Waals surface area contributed by atoms with Gasteiger partial charge in [0.15, 0.2) is 0 Å². The quantitative estimate of drug-likeness (QED) is 0.326. The molecule has 0 aromatic heterocycles. The zero-order chi connectivity index (χ0) is 27.9. The van der Waals surface area contributed by atoms with Crippen LogP contribution in [0.5, 0.6) is 0 Å². The minimum absolute atomic E-state index is 0.0986. The topological polar surface area (TPSA) is 86.8 Å². The van der Waals surface area contributed by atoms with Crippen molar-refractivity contribution < 1.29 is 18.0 Å². The molecule has 38 heavy (non-hydrogen) atoms. The van der Waals surface area contributed by atoms with Crippen LogP contribution in [0.4, 0.5) is 5.69 Å². The highest BCUT2D eigenvalue weighted by Gasteiger charge is 2.33. The summed E-state index contributed by atoms with van der Waals surface area (Å²) in [5.74, 6) is -0.856. The molecule has 3 rings (SSSR count). The van der Waals surface area contributed by atoms with E-state index in [0.717, 1.165) is 26.2 Å². The molecule has 0 spiro atoms. The third-order valence-corrected chi connectivity index (χ3v) is 7.68. The van der Waals surface area contributed by atoms with Gasteiger partial charge in [-0.15, -0.1) is 0 Å². The summed E-state index contributed by atoms with van der Waals surface area (Å²) in [5, 5.41) is 3.12. The first kappa shape index (κ1) is 29.7. The molecule has 0 fully saturated rings. The summed E-state index contributed by atoms with van der Waals surface area (Å²) in [6, 6.07) is 22.2. The lowest BCUT2D eigenvalue weighted by atomic mass is 10.0. The highest BCUT2D eigenvalue weighted by molar-refractivity contribution is 9.10. The Balaban J connectivity index is 2.07. The predicted molar refractivity (Wildman–Crippen MR) is 156 cm³/mol. The number of nitrogens with one attached hydrogen (secondary N) is 1. The van der Waals surface area contributed by atoms with Gasteiger partial charge in [0.25, 0.3) is 0 Å². The summed E-state index contributed by atoms with van der Waals surface area (Å²) in [4.78, 5) is 28.9. The number of carbonyl (C=O) groups is 2. The summed E-state index contributed by atoms with van der Waals surface area (Å²) in [7, 11) is -3.88. The summed E-state index contributed by atoms with van der Waals surface area (Å²) in [6.45, 7) is 3.28. The lowest BCUT2D eigenvalue weighted by Crippen LogP contribution is -2.54. The summed E-state index contributed by atoms with van der Waals surface area (Å²) in [6.07, 6.45) is 1.28. The van der Waals surface area contributed by atoms with Gasteiger partial charge in [-0.1, -0.05) is 82.1 Å². The molecule has 0 aliphatic heterocycles. The van der Waals surface area contributed by atoms with E-state index in [1.165, 1.54) is 4.90 Å². The number of anilines is 1. The zero-order valence-electron chi connectivity index (χ0n) is 21.5. The van der Waals surface area contributed by atoms with E-state index in [0.29, 0.717) is 0 Å². The van der Waals surface area contributed by atoms with Crippen molar-refractivity contribution in [1.29, 1.82) is 0 Å². The third kappa shape index (κ3) is 8.31. The molecule has 7 nitrogen and oxygen atoms in total. The number of para-hydroxylation sites is 1. The van der Waals surface area contributed by atoms with E-state index in [-0.39, 0.29) is 35.6 Å². The fourth-order valence-electron chi connectivity index (χ4n) is 4.02. The molecule has 1 unspecified atom stereocenters. The van der Waals surface area contributed by atoms with Crippen LogP contribution in [0.25, 0.3) is 0 Å². The molecule has 3 aromatic rings. The molecular formula is C28H31BrClN3O4S. The second kappa shape index (κ2) is 13.3. The van der Waals surface area contributed by atoms with Crippen LogP contribution in [0.15, 0.2) is 83.3 Å². The summed E-state index contributed by atoms with van der Waals surface area (Å²) < 4.78 is 27.4. The Hall–Kier alpha value is -2.88. The van der Waals surface area contributed by atoms with Crippen molar-refractivity contribution in [3.05, 3.63) is 99.5 Å². The molecule has 3 aromatic carbocycles. The van der Waals surface area contributed by atoms with Crippen molar-refractivity contribution in [2.45, 2.75) is 38.9 Å². The molecule has 0 radical (unpaired) electrons. The van der Waals surface area contributed by atoms with Crippen LogP contribution in [-0.2, 0) is 32.6 Å². The molecular weight excluding hydrogens is 590 g/mol. The second-order valence-corrected chi connectivity index (χ2v) is 12.5. The second-order valence-electron chi connectivity index (χ2n) is 9.24. The fourth-order valence-corrected chi connectivity index (χ4v) is 5.61. The molecule has 1 N–H and O–H groups in total. The third-order valence-electron chi connectivity index (χ3n) is 5.74. The van der Waals surface area contributed by atoms with Gasteiger partial charge >= 0.3 is 0 Å². The molecule has 0 bridgehead atoms. The average molecular weight is 621 g/mol. The zero-order valence-corrected chi connectivity index (χ0v) is 24.6. The number of halogens is 2. The maximum absolute atomic E-state index is 14.0. The smallest absolute Gasteiger partial charge is 0.244 e. The molecule has 1 atom stereocenters. The van der Waals surface area contributed by atoms with Crippen LogP contribution in [-0.4, -0.2) is 50.0 Å². The van der Waals surface area contributed by atoms with Crippen molar-refractivity contribution >= 4 is 55.1 Å². The largest absolute Gasteiger partial charge is 0.352 e. The van der Waals surface area contributed by atoms with Crippen LogP contribution in [0.3, 0.4) is 0 Å². The van der Waals surface area contributed by atoms with Crippen molar-refractivity contribution in [3.8, 4) is 0 Å². The number of hydrogen-bond donors (Lipinski definition) is 1. The highest BCUT2D eigenvalue weighted by atomic mass is 79.9. The van der Waals surface area contributed by atoms with Crippen molar-refractivity contribution in [2.75, 3.05) is 17.1 Å². The number of carbonyl (C=O) groups excluding carboxylic acids is 2. The Morgan fingerprint density at radius 3 is 2.18 bits per heavy atom. The standard InChI is InChI=1S/C28H31BrClN3O4S/c1-20(2)31-28(35)26(17-21-10-5-4-6-11-21)32(18-22-12-9-13-23(29)16-22)27(34)19-33(38(3,36)37)25-15-8-7-14-24(25)30/h4-16,20,26H,17-19H2,1-3H3,(H,31,35). The molecule has 0 aliphatic rings. The van der Waals surface area contributed by atoms with E-state index in [2.05, 4.69) is 21.2 Å². The minimum atomic E-state index is -3.88. The van der Waals surface area contributed by atoms with E-state index in [1.54, 1.807) is 24.3 Å². The van der Waals surface area contributed by atoms with Gasteiger partial charge in [0.05, 0.1) is 17.0 Å². The van der Waals surface area contributed by atoms with Gasteiger partial charge in [-0.2, -0.15) is 0 Å². The molecule has 0 saturated heterocycles. The maximum Gasteiger partial charge on any atom is 0.244 e. The first-order chi connectivity index (χ1) is 18.0. The van der Waals surface area contributed by atoms with Crippen molar-refractivity contribution in [2.24, 2.45) is 0 Å². The van der Waals surface area contributed by atoms with Crippen LogP contribution in [0.2, 0.25) is 5.02 Å². The Morgan fingerprint density at radius 2 is 1.58 bits per heavy atom. The summed E-state index contributed by atoms with van der Waals surface area (Å²) >= 11 is 9.77. The first-order valence-electron chi connectivity index (χ1n) is 12.1. The molecule has 0 aliphatic carbocycles. The van der Waals surface area contributed by atoms with Crippen LogP contribution in [0.1, 0.15) is 25.0 Å². The summed E-state index contributed by atoms with van der Waals surface area (Å²) in [5.41, 5.74) is 1.85. The van der Waals surface area contributed by atoms with E-state index in [1.807, 2.05) is 68.4 Å². The molecule has 2 amide bonds. The number of benzene rings is 3. The normalized spacial score (nSPS) is 12.2. The van der Waals surface area contributed by atoms with E-state index >= 15 is 0 Å². The predicted octanol–water partition coefficient (Wildman–Crippen LogP) is 5.03. The Bertz CT molecular complexity index is 1370. The maximum atomic E-state index is 14.0. The number of rotatable bonds is 11. The van der Waals surface area contributed by atoms with Gasteiger partial charge in [0.1, 0.15) is 12.6 Å². The van der Waals surface area contributed by atoms with Gasteiger partial charge in [-0.05, 0) is 49.2 Å². The van der Waals surface area contributed by atoms with E-state index in [9.17, 15) is 18.0 Å². The SMILES string of the molecule is CC(C)NC(=O)C(Cc1ccccc1)N(Cc1cccc(Br)c1)C(=O)CN(c1ccccc1Cl)S(C)(=O)=O. The lowest BCUT2D eigenvalue weighted by Gasteiger charge is -2.34. The van der Waals surface area contributed by atoms with Gasteiger partial charge in [-0.25, -0.2) is 8.42 Å². The minimum Gasteiger partial charge on any atom is -0.352 e. The van der Waals surface area contributed by atoms with Crippen molar-refractivity contribution in [1.82, 2.24) is 10.2 Å². The molecule has 0 heterocycles. The fraction of sp³-hybridized carbons (Fsp3) is 0.286. The van der Waals surface area contributed by atoms with Gasteiger partial charge in [0.2, 0.25) is 21.8 Å². The molecule has 202 valence electrons. The van der Waals surface area contributed by atoms with Gasteiger partial charge < -0.3 is 10.2 Å². The van der Waals surface area contributed by atoms with Crippen molar-refractivity contribution in [3.63, 3.8) is 0 Å². The monoisotopic (exact) mass is 619 g/mol. The number of sulfonamides is 1. The Morgan fingerprint density at radius 1 is 0.947 bits per heavy atom. The number of nitrogens with zero attached hydrogens (tertiary/aromatic N) is 2. The van der Waals surface area contributed by atoms with Gasteiger partial charge in [-0.3, -0.25) is 13.9 Å². The van der Waals surface area contributed by atoms with Gasteiger partial charge in [0, 0.05) is 23.5 Å². The van der Waals surface area contributed by atoms with E-state index in [4.69, 9.17) is 11.6 Å².